The van der Waals surface area contributed by atoms with Gasteiger partial charge < -0.3 is 9.64 Å². The average Bonchev–Trinajstić information content (AvgIpc) is 3.05. The van der Waals surface area contributed by atoms with Crippen molar-refractivity contribution in [2.45, 2.75) is 116 Å². The largest absolute Gasteiger partial charge is 0.381 e. The lowest BCUT2D eigenvalue weighted by molar-refractivity contribution is 0.125. The number of aryl methyl sites for hydroxylation is 2. The number of nitrogens with zero attached hydrogens (tertiary/aromatic N) is 1. The second-order valence-electron chi connectivity index (χ2n) is 13.1. The van der Waals surface area contributed by atoms with Crippen molar-refractivity contribution in [3.8, 4) is 0 Å². The molecule has 0 bridgehead atoms. The van der Waals surface area contributed by atoms with Crippen LogP contribution >= 0.6 is 0 Å². The van der Waals surface area contributed by atoms with Gasteiger partial charge in [0.2, 0.25) is 0 Å². The first kappa shape index (κ1) is 34.0. The maximum absolute atomic E-state index is 5.91. The van der Waals surface area contributed by atoms with Gasteiger partial charge in [0, 0.05) is 33.0 Å². The highest BCUT2D eigenvalue weighted by Gasteiger charge is 2.06. The third-order valence-electron chi connectivity index (χ3n) is 9.30. The van der Waals surface area contributed by atoms with Crippen molar-refractivity contribution in [1.29, 1.82) is 0 Å². The molecule has 4 aromatic carbocycles. The fourth-order valence-corrected chi connectivity index (χ4v) is 6.58. The Morgan fingerprint density at radius 1 is 0.455 bits per heavy atom. The molecule has 44 heavy (non-hydrogen) atoms. The fourth-order valence-electron chi connectivity index (χ4n) is 6.58. The molecule has 4 rings (SSSR count). The van der Waals surface area contributed by atoms with Gasteiger partial charge in [-0.25, -0.2) is 0 Å². The summed E-state index contributed by atoms with van der Waals surface area (Å²) in [6, 6.07) is 29.2. The molecule has 2 nitrogen and oxygen atoms in total. The van der Waals surface area contributed by atoms with Crippen LogP contribution in [0, 0.1) is 0 Å². The van der Waals surface area contributed by atoms with Gasteiger partial charge >= 0.3 is 0 Å². The Kier molecular flexibility index (Phi) is 15.7. The Bertz CT molecular complexity index is 1320. The van der Waals surface area contributed by atoms with E-state index in [9.17, 15) is 0 Å². The summed E-state index contributed by atoms with van der Waals surface area (Å²) in [6.45, 7) is 1.91. The maximum atomic E-state index is 5.91. The Hall–Kier alpha value is -2.84. The van der Waals surface area contributed by atoms with E-state index in [2.05, 4.69) is 97.9 Å². The molecule has 0 aliphatic rings. The highest BCUT2D eigenvalue weighted by atomic mass is 16.5. The monoisotopic (exact) mass is 593 g/mol. The van der Waals surface area contributed by atoms with Crippen LogP contribution in [0.15, 0.2) is 78.9 Å². The first-order valence-corrected chi connectivity index (χ1v) is 18.0. The van der Waals surface area contributed by atoms with Crippen molar-refractivity contribution < 1.29 is 4.74 Å². The summed E-state index contributed by atoms with van der Waals surface area (Å²) in [5.74, 6) is 0. The maximum Gasteiger partial charge on any atom is 0.0466 e. The van der Waals surface area contributed by atoms with Crippen molar-refractivity contribution in [2.75, 3.05) is 32.2 Å². The van der Waals surface area contributed by atoms with Gasteiger partial charge in [-0.15, -0.1) is 0 Å². The molecule has 0 spiro atoms. The molecule has 2 heteroatoms. The predicted octanol–water partition coefficient (Wildman–Crippen LogP) is 12.1. The summed E-state index contributed by atoms with van der Waals surface area (Å²) in [5.41, 5.74) is 4.28. The van der Waals surface area contributed by atoms with Gasteiger partial charge in [0.15, 0.2) is 0 Å². The van der Waals surface area contributed by atoms with E-state index in [0.29, 0.717) is 0 Å². The molecule has 0 heterocycles. The van der Waals surface area contributed by atoms with Crippen molar-refractivity contribution in [3.63, 3.8) is 0 Å². The third-order valence-corrected chi connectivity index (χ3v) is 9.30. The number of rotatable bonds is 23. The summed E-state index contributed by atoms with van der Waals surface area (Å²) < 4.78 is 5.91. The summed E-state index contributed by atoms with van der Waals surface area (Å²) >= 11 is 0. The number of hydrogen-bond acceptors (Lipinski definition) is 2. The summed E-state index contributed by atoms with van der Waals surface area (Å²) in [6.07, 6.45) is 23.9. The zero-order valence-electron chi connectivity index (χ0n) is 28.0. The van der Waals surface area contributed by atoms with E-state index >= 15 is 0 Å². The summed E-state index contributed by atoms with van der Waals surface area (Å²) in [5, 5.41) is 5.59. The second-order valence-corrected chi connectivity index (χ2v) is 13.1. The first-order valence-electron chi connectivity index (χ1n) is 18.0. The number of fused-ring (bicyclic) bond motifs is 3. The zero-order valence-corrected chi connectivity index (χ0v) is 28.0. The van der Waals surface area contributed by atoms with Crippen LogP contribution in [0.2, 0.25) is 0 Å². The molecule has 0 fully saturated rings. The Labute approximate surface area is 269 Å². The molecular formula is C42H59NO. The molecule has 0 saturated carbocycles. The molecule has 0 aliphatic heterocycles. The summed E-state index contributed by atoms with van der Waals surface area (Å²) in [7, 11) is 4.20. The van der Waals surface area contributed by atoms with E-state index in [-0.39, 0.29) is 0 Å². The third kappa shape index (κ3) is 11.9. The van der Waals surface area contributed by atoms with Crippen LogP contribution in [0.5, 0.6) is 0 Å². The molecule has 0 unspecified atom stereocenters. The van der Waals surface area contributed by atoms with Crippen LogP contribution in [0.4, 0.5) is 5.69 Å². The van der Waals surface area contributed by atoms with Crippen LogP contribution < -0.4 is 4.90 Å². The van der Waals surface area contributed by atoms with Crippen molar-refractivity contribution in [1.82, 2.24) is 0 Å². The van der Waals surface area contributed by atoms with Crippen LogP contribution in [-0.2, 0) is 17.6 Å². The molecule has 0 aromatic heterocycles. The topological polar surface area (TPSA) is 12.5 Å². The number of unbranched alkanes of at least 4 members (excludes halogenated alkanes) is 14. The smallest absolute Gasteiger partial charge is 0.0466 e. The fraction of sp³-hybridized carbons (Fsp3) is 0.524. The minimum Gasteiger partial charge on any atom is -0.381 e. The molecular weight excluding hydrogens is 534 g/mol. The molecule has 0 amide bonds. The summed E-state index contributed by atoms with van der Waals surface area (Å²) in [4.78, 5) is 2.16. The Morgan fingerprint density at radius 2 is 0.932 bits per heavy atom. The lowest BCUT2D eigenvalue weighted by Crippen LogP contribution is -2.08. The first-order chi connectivity index (χ1) is 21.7. The van der Waals surface area contributed by atoms with Crippen LogP contribution in [0.25, 0.3) is 21.5 Å². The Morgan fingerprint density at radius 3 is 1.52 bits per heavy atom. The van der Waals surface area contributed by atoms with Gasteiger partial charge in [0.05, 0.1) is 0 Å². The van der Waals surface area contributed by atoms with Gasteiger partial charge in [-0.2, -0.15) is 0 Å². The molecule has 0 radical (unpaired) electrons. The Balaban J connectivity index is 0.891. The van der Waals surface area contributed by atoms with Gasteiger partial charge in [-0.1, -0.05) is 144 Å². The van der Waals surface area contributed by atoms with Gasteiger partial charge in [0.1, 0.15) is 0 Å². The van der Waals surface area contributed by atoms with Crippen LogP contribution in [0.1, 0.15) is 114 Å². The highest BCUT2D eigenvalue weighted by Crippen LogP contribution is 2.29. The molecule has 0 N–H and O–H groups in total. The number of hydrogen-bond donors (Lipinski definition) is 0. The lowest BCUT2D eigenvalue weighted by atomic mass is 9.94. The molecule has 4 aromatic rings. The van der Waals surface area contributed by atoms with Gasteiger partial charge in [-0.05, 0) is 83.3 Å². The van der Waals surface area contributed by atoms with Crippen LogP contribution in [0.3, 0.4) is 0 Å². The van der Waals surface area contributed by atoms with Crippen molar-refractivity contribution in [3.05, 3.63) is 90.0 Å². The second kappa shape index (κ2) is 20.2. The van der Waals surface area contributed by atoms with E-state index in [1.165, 1.54) is 154 Å². The number of ether oxygens (including phenoxy) is 1. The van der Waals surface area contributed by atoms with Gasteiger partial charge in [0.25, 0.3) is 0 Å². The minimum absolute atomic E-state index is 0.956. The zero-order chi connectivity index (χ0) is 30.7. The quantitative estimate of drug-likeness (QED) is 0.0626. The lowest BCUT2D eigenvalue weighted by Gasteiger charge is -2.12. The van der Waals surface area contributed by atoms with E-state index < -0.39 is 0 Å². The number of benzene rings is 4. The predicted molar refractivity (Wildman–Crippen MR) is 194 cm³/mol. The van der Waals surface area contributed by atoms with Crippen molar-refractivity contribution in [2.24, 2.45) is 0 Å². The van der Waals surface area contributed by atoms with Gasteiger partial charge in [-0.3, -0.25) is 0 Å². The van der Waals surface area contributed by atoms with E-state index in [1.54, 1.807) is 0 Å². The number of anilines is 1. The van der Waals surface area contributed by atoms with Crippen molar-refractivity contribution >= 4 is 27.2 Å². The van der Waals surface area contributed by atoms with E-state index in [1.807, 2.05) is 0 Å². The van der Waals surface area contributed by atoms with E-state index in [4.69, 9.17) is 4.74 Å². The standard InChI is InChI=1S/C42H59NO/c1-43(2)39-31-29-36(30-32-39)23-15-11-7-3-5-9-13-21-33-44-34-22-14-10-6-4-8-12-16-24-37-35-38-25-17-18-26-40(38)42-28-20-19-27-41(37)42/h17-20,25-32,35H,3-16,21-24,33-34H2,1-2H3. The molecule has 0 saturated heterocycles. The molecule has 0 aliphatic carbocycles. The van der Waals surface area contributed by atoms with E-state index in [0.717, 1.165) is 13.2 Å². The highest BCUT2D eigenvalue weighted by molar-refractivity contribution is 6.08. The van der Waals surface area contributed by atoms with Crippen LogP contribution in [-0.4, -0.2) is 27.3 Å². The average molecular weight is 594 g/mol. The minimum atomic E-state index is 0.956. The molecule has 0 atom stereocenters. The molecule has 238 valence electrons. The SMILES string of the molecule is CN(C)c1ccc(CCCCCCCCCCOCCCCCCCCCCc2cc3ccccc3c3ccccc23)cc1. The normalized spacial score (nSPS) is 11.5.